The van der Waals surface area contributed by atoms with Crippen molar-refractivity contribution in [3.8, 4) is 11.5 Å². The lowest BCUT2D eigenvalue weighted by Gasteiger charge is -2.58. The first-order valence-corrected chi connectivity index (χ1v) is 11.9. The number of benzene rings is 1. The van der Waals surface area contributed by atoms with Crippen LogP contribution in [0.4, 0.5) is 0 Å². The van der Waals surface area contributed by atoms with Crippen LogP contribution in [0.2, 0.25) is 0 Å². The van der Waals surface area contributed by atoms with E-state index in [0.717, 1.165) is 38.3 Å². The van der Waals surface area contributed by atoms with Crippen LogP contribution >= 0.6 is 0 Å². The van der Waals surface area contributed by atoms with Gasteiger partial charge in [-0.3, -0.25) is 9.59 Å². The Morgan fingerprint density at radius 3 is 2.82 bits per heavy atom. The molecular weight excluding hydrogens is 420 g/mol. The molecule has 0 aromatic heterocycles. The van der Waals surface area contributed by atoms with Gasteiger partial charge in [0, 0.05) is 56.6 Å². The number of piperazine rings is 1. The molecule has 1 aromatic rings. The highest BCUT2D eigenvalue weighted by atomic mass is 16.6. The average Bonchev–Trinajstić information content (AvgIpc) is 3.08. The minimum absolute atomic E-state index is 0.0216. The van der Waals surface area contributed by atoms with Gasteiger partial charge in [-0.05, 0) is 31.9 Å². The normalized spacial score (nSPS) is 36.7. The summed E-state index contributed by atoms with van der Waals surface area (Å²) in [6.45, 7) is 8.90. The van der Waals surface area contributed by atoms with Gasteiger partial charge in [-0.25, -0.2) is 0 Å². The Hall–Kier alpha value is -2.48. The molecular formula is C26H30N2O5. The number of fused-ring (bicyclic) bond motifs is 1. The summed E-state index contributed by atoms with van der Waals surface area (Å²) >= 11 is 0. The number of carbonyl (C=O) groups is 2. The number of nitrogens with zero attached hydrogens (tertiary/aromatic N) is 1. The first kappa shape index (κ1) is 21.1. The number of ether oxygens (including phenoxy) is 2. The Morgan fingerprint density at radius 1 is 1.27 bits per heavy atom. The molecule has 6 aliphatic rings. The maximum absolute atomic E-state index is 14.1. The van der Waals surface area contributed by atoms with E-state index in [9.17, 15) is 14.7 Å². The first-order chi connectivity index (χ1) is 15.9. The second-order valence-corrected chi connectivity index (χ2v) is 10.2. The predicted molar refractivity (Wildman–Crippen MR) is 121 cm³/mol. The molecule has 3 aliphatic heterocycles. The molecule has 5 atom stereocenters. The number of rotatable bonds is 4. The highest BCUT2D eigenvalue weighted by Crippen LogP contribution is 2.65. The Bertz CT molecular complexity index is 1100. The average molecular weight is 451 g/mol. The highest BCUT2D eigenvalue weighted by Gasteiger charge is 2.79. The highest BCUT2D eigenvalue weighted by molar-refractivity contribution is 6.18. The van der Waals surface area contributed by atoms with Crippen LogP contribution in [0, 0.1) is 17.8 Å². The zero-order chi connectivity index (χ0) is 23.0. The summed E-state index contributed by atoms with van der Waals surface area (Å²) in [5.41, 5.74) is -0.624. The van der Waals surface area contributed by atoms with E-state index in [1.165, 1.54) is 6.07 Å². The molecule has 3 aliphatic carbocycles. The van der Waals surface area contributed by atoms with Crippen LogP contribution in [-0.4, -0.2) is 72.1 Å². The number of allylic oxidation sites excluding steroid dienone is 2. The van der Waals surface area contributed by atoms with Gasteiger partial charge in [-0.2, -0.15) is 0 Å². The van der Waals surface area contributed by atoms with Gasteiger partial charge in [0.2, 0.25) is 0 Å². The Balaban J connectivity index is 1.51. The summed E-state index contributed by atoms with van der Waals surface area (Å²) in [4.78, 5) is 30.2. The lowest BCUT2D eigenvalue weighted by molar-refractivity contribution is -0.171. The van der Waals surface area contributed by atoms with Crippen LogP contribution in [0.5, 0.6) is 11.5 Å². The molecule has 174 valence electrons. The summed E-state index contributed by atoms with van der Waals surface area (Å²) in [7, 11) is 0. The van der Waals surface area contributed by atoms with Crippen LogP contribution in [0.25, 0.3) is 0 Å². The zero-order valence-corrected chi connectivity index (χ0v) is 19.1. The molecule has 4 bridgehead atoms. The Labute approximate surface area is 193 Å². The van der Waals surface area contributed by atoms with Gasteiger partial charge in [-0.15, -0.1) is 0 Å². The van der Waals surface area contributed by atoms with Crippen molar-refractivity contribution >= 4 is 11.6 Å². The molecule has 7 heteroatoms. The third-order valence-electron chi connectivity index (χ3n) is 8.28. The number of phenols is 1. The van der Waals surface area contributed by atoms with Gasteiger partial charge in [0.15, 0.2) is 22.8 Å². The quantitative estimate of drug-likeness (QED) is 0.680. The Kier molecular flexibility index (Phi) is 4.64. The van der Waals surface area contributed by atoms with Crippen LogP contribution in [0.1, 0.15) is 30.6 Å². The number of aromatic hydroxyl groups is 1. The minimum Gasteiger partial charge on any atom is -0.507 e. The zero-order valence-electron chi connectivity index (χ0n) is 19.1. The molecule has 0 radical (unpaired) electrons. The number of ketones is 2. The lowest BCUT2D eigenvalue weighted by Crippen LogP contribution is -2.74. The van der Waals surface area contributed by atoms with Crippen molar-refractivity contribution in [2.45, 2.75) is 31.5 Å². The smallest absolute Gasteiger partial charge is 0.200 e. The molecule has 1 spiro atoms. The van der Waals surface area contributed by atoms with Gasteiger partial charge < -0.3 is 24.8 Å². The first-order valence-electron chi connectivity index (χ1n) is 11.9. The summed E-state index contributed by atoms with van der Waals surface area (Å²) in [6, 6.07) is 4.89. The van der Waals surface area contributed by atoms with E-state index in [2.05, 4.69) is 10.2 Å². The van der Waals surface area contributed by atoms with Crippen molar-refractivity contribution in [3.05, 3.63) is 47.1 Å². The van der Waals surface area contributed by atoms with E-state index in [1.807, 2.05) is 26.0 Å². The molecule has 0 amide bonds. The second-order valence-electron chi connectivity index (χ2n) is 10.2. The third-order valence-corrected chi connectivity index (χ3v) is 8.28. The van der Waals surface area contributed by atoms with Gasteiger partial charge in [-0.1, -0.05) is 23.8 Å². The molecule has 2 N–H and O–H groups in total. The van der Waals surface area contributed by atoms with Gasteiger partial charge >= 0.3 is 0 Å². The number of hydrogen-bond donors (Lipinski definition) is 2. The molecule has 1 aromatic carbocycles. The molecule has 7 nitrogen and oxygen atoms in total. The molecule has 1 saturated carbocycles. The fourth-order valence-electron chi connectivity index (χ4n) is 6.76. The maximum atomic E-state index is 14.1. The SMILES string of the molecule is CC(C)=CC[C@@]12OC[C@@H]3[C@@H](CN4CCNCC4)[C@@H](C=C4C(=O)c5c(O)cccc5O[C@]431)C2=O. The van der Waals surface area contributed by atoms with Crippen molar-refractivity contribution in [2.75, 3.05) is 39.3 Å². The topological polar surface area (TPSA) is 88.1 Å². The van der Waals surface area contributed by atoms with E-state index >= 15 is 0 Å². The standard InChI is InChI=1S/C26H30N2O5/c1-15(2)6-7-25-24(31)16-12-18-23(30)22-20(29)4-3-5-21(22)33-26(18,25)19(14-32-25)17(16)13-28-10-8-27-9-11-28/h3-6,12,16-17,19,27,29H,7-11,13-14H2,1-2H3/t16-,17+,19-,25+,26-/m1/s1. The van der Waals surface area contributed by atoms with Gasteiger partial charge in [0.25, 0.3) is 0 Å². The molecule has 7 rings (SSSR count). The van der Waals surface area contributed by atoms with Crippen molar-refractivity contribution in [1.82, 2.24) is 10.2 Å². The van der Waals surface area contributed by atoms with E-state index in [1.54, 1.807) is 12.1 Å². The molecule has 2 saturated heterocycles. The van der Waals surface area contributed by atoms with Crippen LogP contribution in [0.3, 0.4) is 0 Å². The third kappa shape index (κ3) is 2.67. The van der Waals surface area contributed by atoms with Crippen molar-refractivity contribution in [2.24, 2.45) is 17.8 Å². The monoisotopic (exact) mass is 450 g/mol. The van der Waals surface area contributed by atoms with E-state index in [-0.39, 0.29) is 34.7 Å². The molecule has 0 unspecified atom stereocenters. The minimum atomic E-state index is -1.22. The van der Waals surface area contributed by atoms with Crippen molar-refractivity contribution < 1.29 is 24.2 Å². The van der Waals surface area contributed by atoms with Crippen molar-refractivity contribution in [1.29, 1.82) is 0 Å². The molecule has 3 fully saturated rings. The number of Topliss-reactive ketones (excluding diaryl/α,β-unsaturated/α-hetero) is 2. The van der Waals surface area contributed by atoms with E-state index in [4.69, 9.17) is 9.47 Å². The predicted octanol–water partition coefficient (Wildman–Crippen LogP) is 2.11. The number of nitrogens with one attached hydrogen (secondary N) is 1. The largest absolute Gasteiger partial charge is 0.507 e. The number of carbonyl (C=O) groups excluding carboxylic acids is 2. The molecule has 3 heterocycles. The number of hydrogen-bond acceptors (Lipinski definition) is 7. The van der Waals surface area contributed by atoms with Crippen LogP contribution < -0.4 is 10.1 Å². The van der Waals surface area contributed by atoms with Gasteiger partial charge in [0.05, 0.1) is 6.61 Å². The van der Waals surface area contributed by atoms with Gasteiger partial charge in [0.1, 0.15) is 17.1 Å². The molecule has 33 heavy (non-hydrogen) atoms. The second kappa shape index (κ2) is 7.26. The summed E-state index contributed by atoms with van der Waals surface area (Å²) in [6.07, 6.45) is 4.24. The van der Waals surface area contributed by atoms with Crippen LogP contribution in [0.15, 0.2) is 41.5 Å². The lowest BCUT2D eigenvalue weighted by atomic mass is 9.49. The van der Waals surface area contributed by atoms with Crippen molar-refractivity contribution in [3.63, 3.8) is 0 Å². The maximum Gasteiger partial charge on any atom is 0.200 e. The summed E-state index contributed by atoms with van der Waals surface area (Å²) in [5.74, 6) is -0.463. The summed E-state index contributed by atoms with van der Waals surface area (Å²) < 4.78 is 13.1. The fourth-order valence-corrected chi connectivity index (χ4v) is 6.76. The van der Waals surface area contributed by atoms with E-state index in [0.29, 0.717) is 24.4 Å². The summed E-state index contributed by atoms with van der Waals surface area (Å²) in [5, 5.41) is 13.8. The van der Waals surface area contributed by atoms with E-state index < -0.39 is 17.1 Å². The van der Waals surface area contributed by atoms with Crippen LogP contribution in [-0.2, 0) is 9.53 Å². The fraction of sp³-hybridized carbons (Fsp3) is 0.538. The Morgan fingerprint density at radius 2 is 2.06 bits per heavy atom. The number of phenolic OH excluding ortho intramolecular Hbond substituents is 1.